The number of hydrogen-bond donors (Lipinski definition) is 2. The van der Waals surface area contributed by atoms with Crippen molar-refractivity contribution in [1.82, 2.24) is 34.4 Å². The zero-order valence-corrected chi connectivity index (χ0v) is 25.6. The van der Waals surface area contributed by atoms with Crippen molar-refractivity contribution < 1.29 is 23.1 Å². The Kier molecular flexibility index (Phi) is 8.87. The summed E-state index contributed by atoms with van der Waals surface area (Å²) in [6, 6.07) is 9.48. The number of ether oxygens (including phenoxy) is 1. The van der Waals surface area contributed by atoms with Gasteiger partial charge in [0.15, 0.2) is 29.6 Å². The highest BCUT2D eigenvalue weighted by atomic mass is 35.5. The van der Waals surface area contributed by atoms with E-state index in [1.54, 1.807) is 44.7 Å². The number of nitrogens with zero attached hydrogens (tertiary/aromatic N) is 7. The second-order valence-electron chi connectivity index (χ2n) is 11.0. The van der Waals surface area contributed by atoms with Crippen LogP contribution in [0.5, 0.6) is 5.75 Å². The lowest BCUT2D eigenvalue weighted by Gasteiger charge is -2.40. The molecule has 0 spiro atoms. The van der Waals surface area contributed by atoms with Gasteiger partial charge in [0.1, 0.15) is 6.07 Å². The minimum Gasteiger partial charge on any atom is -0.476 e. The molecule has 1 atom stereocenters. The molecule has 46 heavy (non-hydrogen) atoms. The highest BCUT2D eigenvalue weighted by molar-refractivity contribution is 6.34. The highest BCUT2D eigenvalue weighted by Crippen LogP contribution is 2.32. The number of nitrogens with one attached hydrogen (secondary N) is 2. The summed E-state index contributed by atoms with van der Waals surface area (Å²) in [4.78, 5) is 40.3. The summed E-state index contributed by atoms with van der Waals surface area (Å²) in [5, 5.41) is 15.4. The Morgan fingerprint density at radius 1 is 1.09 bits per heavy atom. The van der Waals surface area contributed by atoms with Gasteiger partial charge in [-0.25, -0.2) is 19.2 Å². The maximum atomic E-state index is 15.0. The fourth-order valence-electron chi connectivity index (χ4n) is 5.64. The van der Waals surface area contributed by atoms with Crippen LogP contribution in [0.2, 0.25) is 5.02 Å². The largest absolute Gasteiger partial charge is 0.476 e. The first kappa shape index (κ1) is 31.0. The van der Waals surface area contributed by atoms with E-state index in [0.717, 1.165) is 6.54 Å². The number of imidazole rings is 1. The molecule has 2 aromatic heterocycles. The van der Waals surface area contributed by atoms with Gasteiger partial charge < -0.3 is 30.1 Å². The molecule has 2 aliphatic heterocycles. The second kappa shape index (κ2) is 13.2. The zero-order chi connectivity index (χ0) is 32.4. The molecule has 238 valence electrons. The van der Waals surface area contributed by atoms with Crippen molar-refractivity contribution >= 4 is 40.7 Å². The lowest BCUT2D eigenvalue weighted by molar-refractivity contribution is 0.0630. The Hall–Kier alpha value is -5.00. The van der Waals surface area contributed by atoms with Crippen molar-refractivity contribution in [1.29, 1.82) is 5.26 Å². The van der Waals surface area contributed by atoms with Crippen LogP contribution in [0, 0.1) is 23.0 Å². The van der Waals surface area contributed by atoms with E-state index in [-0.39, 0.29) is 40.0 Å². The summed E-state index contributed by atoms with van der Waals surface area (Å²) >= 11 is 6.57. The van der Waals surface area contributed by atoms with E-state index in [9.17, 15) is 18.4 Å². The van der Waals surface area contributed by atoms with E-state index in [4.69, 9.17) is 21.6 Å². The molecule has 2 saturated heterocycles. The number of nitriles is 1. The van der Waals surface area contributed by atoms with Crippen molar-refractivity contribution in [3.63, 3.8) is 0 Å². The summed E-state index contributed by atoms with van der Waals surface area (Å²) < 4.78 is 36.1. The average molecular weight is 650 g/mol. The van der Waals surface area contributed by atoms with Crippen LogP contribution in [0.1, 0.15) is 17.3 Å². The molecule has 0 saturated carbocycles. The first-order valence-corrected chi connectivity index (χ1v) is 15.1. The molecule has 0 bridgehead atoms. The van der Waals surface area contributed by atoms with Crippen LogP contribution in [0.25, 0.3) is 16.9 Å². The molecular formula is C31H30ClF2N9O3. The summed E-state index contributed by atoms with van der Waals surface area (Å²) in [7, 11) is 0. The van der Waals surface area contributed by atoms with E-state index in [0.29, 0.717) is 62.0 Å². The van der Waals surface area contributed by atoms with E-state index >= 15 is 0 Å². The average Bonchev–Trinajstić information content (AvgIpc) is 3.50. The number of carbonyl (C=O) groups excluding carboxylic acids is 2. The molecule has 2 aliphatic rings. The number of aromatic nitrogens is 3. The SMILES string of the molecule is C[C@@H]1CN(C(=O)N2CCN(C(=O)c3ccc(Nc4nccn5c(-c6ccc(OCC#N)c(F)c6F)cnc45)cc3Cl)CC2)CCN1. The number of anilines is 2. The molecule has 2 fully saturated rings. The van der Waals surface area contributed by atoms with Crippen LogP contribution in [0.4, 0.5) is 25.1 Å². The molecule has 0 unspecified atom stereocenters. The number of halogens is 3. The molecular weight excluding hydrogens is 620 g/mol. The quantitative estimate of drug-likeness (QED) is 0.319. The fourth-order valence-corrected chi connectivity index (χ4v) is 5.90. The number of urea groups is 1. The van der Waals surface area contributed by atoms with Gasteiger partial charge >= 0.3 is 6.03 Å². The standard InChI is InChI=1S/C31H30ClF2N9O3/c1-19-18-42(9-7-36-19)31(45)41-13-11-40(12-14-41)30(44)21-3-2-20(16-23(21)32)39-28-29-38-17-24(43(29)10-8-37-28)22-4-5-25(46-15-6-35)27(34)26(22)33/h2-5,8,10,16-17,19,36H,7,9,11-15,18H2,1H3,(H,37,39)/t19-/m1/s1. The van der Waals surface area contributed by atoms with Crippen LogP contribution in [0.15, 0.2) is 48.9 Å². The first-order chi connectivity index (χ1) is 22.2. The molecule has 4 heterocycles. The number of rotatable bonds is 6. The first-order valence-electron chi connectivity index (χ1n) is 14.7. The molecule has 6 rings (SSSR count). The number of hydrogen-bond acceptors (Lipinski definition) is 8. The Bertz CT molecular complexity index is 1840. The van der Waals surface area contributed by atoms with Gasteiger partial charge in [-0.15, -0.1) is 0 Å². The molecule has 2 N–H and O–H groups in total. The van der Waals surface area contributed by atoms with Gasteiger partial charge in [0.25, 0.3) is 5.91 Å². The van der Waals surface area contributed by atoms with E-state index in [2.05, 4.69) is 27.5 Å². The Morgan fingerprint density at radius 3 is 2.61 bits per heavy atom. The molecule has 4 aromatic rings. The molecule has 12 nitrogen and oxygen atoms in total. The summed E-state index contributed by atoms with van der Waals surface area (Å²) in [6.45, 7) is 5.41. The normalized spacial score (nSPS) is 16.8. The van der Waals surface area contributed by atoms with E-state index in [1.807, 2.05) is 4.90 Å². The predicted octanol–water partition coefficient (Wildman–Crippen LogP) is 4.15. The van der Waals surface area contributed by atoms with E-state index in [1.165, 1.54) is 24.5 Å². The van der Waals surface area contributed by atoms with Crippen LogP contribution < -0.4 is 15.4 Å². The third-order valence-electron chi connectivity index (χ3n) is 7.98. The van der Waals surface area contributed by atoms with Crippen LogP contribution in [-0.2, 0) is 0 Å². The Morgan fingerprint density at radius 2 is 1.87 bits per heavy atom. The van der Waals surface area contributed by atoms with Gasteiger partial charge in [0.05, 0.1) is 22.5 Å². The van der Waals surface area contributed by atoms with Crippen molar-refractivity contribution in [3.05, 3.63) is 71.1 Å². The zero-order valence-electron chi connectivity index (χ0n) is 24.8. The third-order valence-corrected chi connectivity index (χ3v) is 8.29. The molecule has 2 aromatic carbocycles. The van der Waals surface area contributed by atoms with Gasteiger partial charge in [-0.3, -0.25) is 9.20 Å². The van der Waals surface area contributed by atoms with Gasteiger partial charge in [0.2, 0.25) is 5.82 Å². The minimum atomic E-state index is -1.21. The topological polar surface area (TPSA) is 131 Å². The fraction of sp³-hybridized carbons (Fsp3) is 0.323. The number of benzene rings is 2. The molecule has 3 amide bonds. The smallest absolute Gasteiger partial charge is 0.320 e. The van der Waals surface area contributed by atoms with Gasteiger partial charge in [-0.2, -0.15) is 9.65 Å². The summed E-state index contributed by atoms with van der Waals surface area (Å²) in [5.41, 5.74) is 1.41. The van der Waals surface area contributed by atoms with Crippen LogP contribution in [-0.4, -0.2) is 99.5 Å². The number of carbonyl (C=O) groups is 2. The second-order valence-corrected chi connectivity index (χ2v) is 11.4. The van der Waals surface area contributed by atoms with Crippen LogP contribution >= 0.6 is 11.6 Å². The summed E-state index contributed by atoms with van der Waals surface area (Å²) in [6.07, 6.45) is 4.43. The monoisotopic (exact) mass is 649 g/mol. The number of piperazine rings is 2. The van der Waals surface area contributed by atoms with E-state index < -0.39 is 18.2 Å². The molecule has 0 radical (unpaired) electrons. The van der Waals surface area contributed by atoms with Gasteiger partial charge in [-0.05, 0) is 37.3 Å². The van der Waals surface area contributed by atoms with Gasteiger partial charge in [-0.1, -0.05) is 11.6 Å². The van der Waals surface area contributed by atoms with Crippen molar-refractivity contribution in [2.75, 3.05) is 57.7 Å². The third kappa shape index (κ3) is 6.11. The number of amides is 3. The van der Waals surface area contributed by atoms with Crippen LogP contribution in [0.3, 0.4) is 0 Å². The maximum Gasteiger partial charge on any atom is 0.320 e. The van der Waals surface area contributed by atoms with Crippen molar-refractivity contribution in [3.8, 4) is 23.1 Å². The Labute approximate surface area is 268 Å². The summed E-state index contributed by atoms with van der Waals surface area (Å²) in [5.74, 6) is -2.62. The Balaban J connectivity index is 1.14. The molecule has 15 heteroatoms. The lowest BCUT2D eigenvalue weighted by Crippen LogP contribution is -2.58. The molecule has 0 aliphatic carbocycles. The highest BCUT2D eigenvalue weighted by Gasteiger charge is 2.30. The maximum absolute atomic E-state index is 15.0. The lowest BCUT2D eigenvalue weighted by atomic mass is 10.1. The predicted molar refractivity (Wildman–Crippen MR) is 166 cm³/mol. The van der Waals surface area contributed by atoms with Crippen molar-refractivity contribution in [2.24, 2.45) is 0 Å². The number of fused-ring (bicyclic) bond motifs is 1. The van der Waals surface area contributed by atoms with Crippen molar-refractivity contribution in [2.45, 2.75) is 13.0 Å². The van der Waals surface area contributed by atoms with Gasteiger partial charge in [0, 0.05) is 75.5 Å². The minimum absolute atomic E-state index is 0.000972.